The second-order valence-corrected chi connectivity index (χ2v) is 8.35. The second kappa shape index (κ2) is 7.74. The highest BCUT2D eigenvalue weighted by Crippen LogP contribution is 2.23. The number of sulfonamides is 1. The molecule has 0 spiro atoms. The van der Waals surface area contributed by atoms with Gasteiger partial charge in [0.25, 0.3) is 0 Å². The minimum atomic E-state index is -3.76. The molecule has 0 aliphatic rings. The van der Waals surface area contributed by atoms with Gasteiger partial charge in [-0.15, -0.1) is 0 Å². The van der Waals surface area contributed by atoms with Gasteiger partial charge in [-0.2, -0.15) is 0 Å². The average molecular weight is 384 g/mol. The molecule has 0 saturated heterocycles. The molecule has 2 rings (SSSR count). The Balaban J connectivity index is 2.08. The highest BCUT2D eigenvalue weighted by molar-refractivity contribution is 7.89. The van der Waals surface area contributed by atoms with Crippen LogP contribution < -0.4 is 9.46 Å². The fourth-order valence-corrected chi connectivity index (χ4v) is 4.11. The Morgan fingerprint density at radius 3 is 2.44 bits per heavy atom. The first-order chi connectivity index (χ1) is 11.6. The van der Waals surface area contributed by atoms with Gasteiger partial charge in [-0.05, 0) is 49.2 Å². The fraction of sp³-hybridized carbons (Fsp3) is 0.333. The van der Waals surface area contributed by atoms with Crippen LogP contribution in [0.2, 0.25) is 5.02 Å². The highest BCUT2D eigenvalue weighted by Gasteiger charge is 2.26. The van der Waals surface area contributed by atoms with Crippen molar-refractivity contribution in [3.63, 3.8) is 0 Å². The molecule has 2 N–H and O–H groups in total. The summed E-state index contributed by atoms with van der Waals surface area (Å²) in [5.74, 6) is 0.723. The molecule has 2 aromatic carbocycles. The van der Waals surface area contributed by atoms with Crippen LogP contribution in [0.1, 0.15) is 18.1 Å². The van der Waals surface area contributed by atoms with Gasteiger partial charge in [-0.3, -0.25) is 0 Å². The van der Waals surface area contributed by atoms with Crippen LogP contribution in [-0.2, 0) is 16.4 Å². The lowest BCUT2D eigenvalue weighted by molar-refractivity contribution is 0.0657. The maximum atomic E-state index is 12.5. The molecule has 0 saturated carbocycles. The lowest BCUT2D eigenvalue weighted by Crippen LogP contribution is -2.42. The van der Waals surface area contributed by atoms with Crippen molar-refractivity contribution in [3.05, 3.63) is 58.6 Å². The van der Waals surface area contributed by atoms with Crippen molar-refractivity contribution in [3.8, 4) is 5.75 Å². The number of rotatable bonds is 7. The van der Waals surface area contributed by atoms with Crippen molar-refractivity contribution in [2.24, 2.45) is 0 Å². The van der Waals surface area contributed by atoms with Crippen LogP contribution in [0.5, 0.6) is 5.75 Å². The van der Waals surface area contributed by atoms with Crippen LogP contribution in [0, 0.1) is 6.92 Å². The fourth-order valence-electron chi connectivity index (χ4n) is 2.45. The molecule has 0 aliphatic heterocycles. The van der Waals surface area contributed by atoms with E-state index in [-0.39, 0.29) is 11.4 Å². The summed E-state index contributed by atoms with van der Waals surface area (Å²) in [6.07, 6.45) is 0.300. The first-order valence-electron chi connectivity index (χ1n) is 7.75. The van der Waals surface area contributed by atoms with Crippen LogP contribution in [0.4, 0.5) is 0 Å². The smallest absolute Gasteiger partial charge is 0.240 e. The van der Waals surface area contributed by atoms with Gasteiger partial charge in [-0.25, -0.2) is 13.1 Å². The van der Waals surface area contributed by atoms with Gasteiger partial charge in [0, 0.05) is 18.0 Å². The maximum Gasteiger partial charge on any atom is 0.240 e. The Morgan fingerprint density at radius 1 is 1.20 bits per heavy atom. The van der Waals surface area contributed by atoms with Crippen LogP contribution in [0.15, 0.2) is 47.4 Å². The predicted molar refractivity (Wildman–Crippen MR) is 98.7 cm³/mol. The largest absolute Gasteiger partial charge is 0.497 e. The summed E-state index contributed by atoms with van der Waals surface area (Å²) < 4.78 is 32.5. The van der Waals surface area contributed by atoms with Crippen molar-refractivity contribution in [1.82, 2.24) is 4.72 Å². The van der Waals surface area contributed by atoms with E-state index in [0.717, 1.165) is 11.3 Å². The molecule has 2 aromatic rings. The Bertz CT molecular complexity index is 833. The second-order valence-electron chi connectivity index (χ2n) is 6.21. The Labute approximate surface area is 153 Å². The zero-order valence-corrected chi connectivity index (χ0v) is 16.0. The molecule has 5 nitrogen and oxygen atoms in total. The minimum Gasteiger partial charge on any atom is -0.497 e. The molecule has 7 heteroatoms. The van der Waals surface area contributed by atoms with Gasteiger partial charge in [0.2, 0.25) is 10.0 Å². The molecule has 0 aliphatic carbocycles. The summed E-state index contributed by atoms with van der Waals surface area (Å²) in [4.78, 5) is 0.111. The zero-order chi connectivity index (χ0) is 18.7. The molecule has 136 valence electrons. The van der Waals surface area contributed by atoms with Crippen molar-refractivity contribution in [2.75, 3.05) is 13.7 Å². The Kier molecular flexibility index (Phi) is 6.11. The predicted octanol–water partition coefficient (Wildman–Crippen LogP) is 2.93. The molecule has 0 radical (unpaired) electrons. The first kappa shape index (κ1) is 19.7. The van der Waals surface area contributed by atoms with E-state index in [2.05, 4.69) is 4.72 Å². The third kappa shape index (κ3) is 5.19. The van der Waals surface area contributed by atoms with Crippen LogP contribution in [0.25, 0.3) is 0 Å². The lowest BCUT2D eigenvalue weighted by Gasteiger charge is -2.24. The van der Waals surface area contributed by atoms with Gasteiger partial charge < -0.3 is 9.84 Å². The van der Waals surface area contributed by atoms with E-state index < -0.39 is 15.6 Å². The monoisotopic (exact) mass is 383 g/mol. The summed E-state index contributed by atoms with van der Waals surface area (Å²) in [5, 5.41) is 10.9. The van der Waals surface area contributed by atoms with E-state index in [4.69, 9.17) is 16.3 Å². The zero-order valence-electron chi connectivity index (χ0n) is 14.4. The first-order valence-corrected chi connectivity index (χ1v) is 9.61. The van der Waals surface area contributed by atoms with Crippen LogP contribution in [-0.4, -0.2) is 32.8 Å². The molecule has 0 amide bonds. The molecule has 0 aromatic heterocycles. The van der Waals surface area contributed by atoms with E-state index in [1.807, 2.05) is 12.1 Å². The molecule has 0 heterocycles. The Morgan fingerprint density at radius 2 is 1.84 bits per heavy atom. The average Bonchev–Trinajstić information content (AvgIpc) is 2.56. The SMILES string of the molecule is COc1ccc(CC(C)(O)CNS(=O)(=O)c2cccc(Cl)c2C)cc1. The number of ether oxygens (including phenoxy) is 1. The molecular weight excluding hydrogens is 362 g/mol. The summed E-state index contributed by atoms with van der Waals surface area (Å²) >= 11 is 5.99. The number of benzene rings is 2. The maximum absolute atomic E-state index is 12.5. The topological polar surface area (TPSA) is 75.6 Å². The summed E-state index contributed by atoms with van der Waals surface area (Å²) in [5.41, 5.74) is 0.115. The van der Waals surface area contributed by atoms with E-state index in [1.54, 1.807) is 45.2 Å². The molecular formula is C18H22ClNO4S. The third-order valence-corrected chi connectivity index (χ3v) is 5.85. The highest BCUT2D eigenvalue weighted by atomic mass is 35.5. The Hall–Kier alpha value is -1.60. The number of nitrogens with one attached hydrogen (secondary N) is 1. The third-order valence-electron chi connectivity index (χ3n) is 3.89. The van der Waals surface area contributed by atoms with Crippen molar-refractivity contribution >= 4 is 21.6 Å². The number of halogens is 1. The van der Waals surface area contributed by atoms with Gasteiger partial charge in [0.15, 0.2) is 0 Å². The lowest BCUT2D eigenvalue weighted by atomic mass is 9.97. The van der Waals surface area contributed by atoms with Crippen molar-refractivity contribution < 1.29 is 18.3 Å². The van der Waals surface area contributed by atoms with Gasteiger partial charge in [0.1, 0.15) is 5.75 Å². The van der Waals surface area contributed by atoms with Crippen LogP contribution >= 0.6 is 11.6 Å². The molecule has 0 bridgehead atoms. The van der Waals surface area contributed by atoms with E-state index in [0.29, 0.717) is 17.0 Å². The normalized spacial score (nSPS) is 14.1. The number of hydrogen-bond donors (Lipinski definition) is 2. The molecule has 0 fully saturated rings. The summed E-state index contributed by atoms with van der Waals surface area (Å²) in [6, 6.07) is 12.0. The summed E-state index contributed by atoms with van der Waals surface area (Å²) in [7, 11) is -2.18. The summed E-state index contributed by atoms with van der Waals surface area (Å²) in [6.45, 7) is 3.12. The van der Waals surface area contributed by atoms with Crippen LogP contribution in [0.3, 0.4) is 0 Å². The molecule has 1 unspecified atom stereocenters. The van der Waals surface area contributed by atoms with Gasteiger partial charge in [-0.1, -0.05) is 29.8 Å². The molecule has 25 heavy (non-hydrogen) atoms. The van der Waals surface area contributed by atoms with Crippen molar-refractivity contribution in [2.45, 2.75) is 30.8 Å². The van der Waals surface area contributed by atoms with Crippen molar-refractivity contribution in [1.29, 1.82) is 0 Å². The number of aliphatic hydroxyl groups is 1. The standard InChI is InChI=1S/C18H22ClNO4S/c1-13-16(19)5-4-6-17(13)25(22,23)20-12-18(2,21)11-14-7-9-15(24-3)10-8-14/h4-10,20-21H,11-12H2,1-3H3. The number of hydrogen-bond acceptors (Lipinski definition) is 4. The number of methoxy groups -OCH3 is 1. The van der Waals surface area contributed by atoms with E-state index in [1.165, 1.54) is 6.07 Å². The van der Waals surface area contributed by atoms with Gasteiger partial charge >= 0.3 is 0 Å². The molecule has 1 atom stereocenters. The van der Waals surface area contributed by atoms with E-state index in [9.17, 15) is 13.5 Å². The minimum absolute atomic E-state index is 0.111. The quantitative estimate of drug-likeness (QED) is 0.770. The van der Waals surface area contributed by atoms with Gasteiger partial charge in [0.05, 0.1) is 17.6 Å². The van der Waals surface area contributed by atoms with E-state index >= 15 is 0 Å².